The van der Waals surface area contributed by atoms with E-state index in [1.165, 1.54) is 19.4 Å². The minimum atomic E-state index is -3.86. The van der Waals surface area contributed by atoms with E-state index in [4.69, 9.17) is 11.6 Å². The number of nitrogens with zero attached hydrogens (tertiary/aromatic N) is 2. The van der Waals surface area contributed by atoms with Gasteiger partial charge >= 0.3 is 5.97 Å². The van der Waals surface area contributed by atoms with Crippen molar-refractivity contribution in [3.63, 3.8) is 0 Å². The molecule has 0 aromatic heterocycles. The van der Waals surface area contributed by atoms with E-state index < -0.39 is 33.0 Å². The second kappa shape index (κ2) is 7.67. The number of carbonyl (C=O) groups is 2. The highest BCUT2D eigenvalue weighted by Gasteiger charge is 2.45. The molecule has 2 heterocycles. The van der Waals surface area contributed by atoms with Gasteiger partial charge in [0.05, 0.1) is 15.2 Å². The lowest BCUT2D eigenvalue weighted by Crippen LogP contribution is -2.39. The number of hydrogen-bond acceptors (Lipinski definition) is 5. The summed E-state index contributed by atoms with van der Waals surface area (Å²) in [7, 11) is -3.86. The molecule has 3 rings (SSSR count). The van der Waals surface area contributed by atoms with Crippen LogP contribution in [0.3, 0.4) is 0 Å². The molecule has 2 aliphatic rings. The standard InChI is InChI=1S/C18H23ClN2O5S/c1-12(22)21-11-14(10-16(21)18(23)24)27(25,26)17-6-5-13(9-15(17)19)20-7-3-2-4-8-20/h5-6,9,14,16H,2-4,7-8,10-11H2,1H3,(H,23,24)/t14-,16+/m1/s1. The summed E-state index contributed by atoms with van der Waals surface area (Å²) in [4.78, 5) is 26.4. The molecule has 0 aliphatic carbocycles. The monoisotopic (exact) mass is 414 g/mol. The number of carboxylic acids is 1. The molecular formula is C18H23ClN2O5S. The number of carboxylic acid groups (broad SMARTS) is 1. The number of halogens is 1. The second-order valence-electron chi connectivity index (χ2n) is 7.09. The molecule has 1 N–H and O–H groups in total. The number of benzene rings is 1. The fraction of sp³-hybridized carbons (Fsp3) is 0.556. The zero-order valence-electron chi connectivity index (χ0n) is 15.1. The molecule has 148 valence electrons. The van der Waals surface area contributed by atoms with Crippen LogP contribution in [0.25, 0.3) is 0 Å². The predicted molar refractivity (Wildman–Crippen MR) is 102 cm³/mol. The van der Waals surface area contributed by atoms with Gasteiger partial charge in [-0.1, -0.05) is 11.6 Å². The lowest BCUT2D eigenvalue weighted by molar-refractivity contribution is -0.147. The Labute approximate surface area is 163 Å². The third-order valence-electron chi connectivity index (χ3n) is 5.33. The van der Waals surface area contributed by atoms with Crippen molar-refractivity contribution in [1.82, 2.24) is 4.90 Å². The summed E-state index contributed by atoms with van der Waals surface area (Å²) in [6.07, 6.45) is 3.24. The van der Waals surface area contributed by atoms with Crippen LogP contribution in [0, 0.1) is 0 Å². The highest BCUT2D eigenvalue weighted by atomic mass is 35.5. The van der Waals surface area contributed by atoms with Crippen molar-refractivity contribution in [1.29, 1.82) is 0 Å². The summed E-state index contributed by atoms with van der Waals surface area (Å²) in [6.45, 7) is 2.93. The summed E-state index contributed by atoms with van der Waals surface area (Å²) in [5.74, 6) is -1.65. The Hall–Kier alpha value is -1.80. The van der Waals surface area contributed by atoms with E-state index in [2.05, 4.69) is 4.90 Å². The van der Waals surface area contributed by atoms with E-state index in [1.54, 1.807) is 12.1 Å². The Bertz CT molecular complexity index is 829. The molecule has 1 amide bonds. The fourth-order valence-corrected chi connectivity index (χ4v) is 6.09. The van der Waals surface area contributed by atoms with Crippen LogP contribution in [0.1, 0.15) is 32.6 Å². The maximum Gasteiger partial charge on any atom is 0.326 e. The van der Waals surface area contributed by atoms with Gasteiger partial charge in [0.2, 0.25) is 5.91 Å². The van der Waals surface area contributed by atoms with Gasteiger partial charge in [0, 0.05) is 32.2 Å². The lowest BCUT2D eigenvalue weighted by atomic mass is 10.1. The van der Waals surface area contributed by atoms with Crippen LogP contribution in [-0.4, -0.2) is 61.2 Å². The lowest BCUT2D eigenvalue weighted by Gasteiger charge is -2.29. The van der Waals surface area contributed by atoms with Gasteiger partial charge in [0.25, 0.3) is 0 Å². The van der Waals surface area contributed by atoms with Crippen molar-refractivity contribution in [2.75, 3.05) is 24.5 Å². The highest BCUT2D eigenvalue weighted by Crippen LogP contribution is 2.34. The molecular weight excluding hydrogens is 392 g/mol. The highest BCUT2D eigenvalue weighted by molar-refractivity contribution is 7.92. The first-order chi connectivity index (χ1) is 12.7. The smallest absolute Gasteiger partial charge is 0.326 e. The number of sulfone groups is 1. The van der Waals surface area contributed by atoms with Crippen LogP contribution < -0.4 is 4.90 Å². The number of anilines is 1. The summed E-state index contributed by atoms with van der Waals surface area (Å²) < 4.78 is 26.1. The van der Waals surface area contributed by atoms with Gasteiger partial charge in [-0.25, -0.2) is 13.2 Å². The van der Waals surface area contributed by atoms with Crippen LogP contribution in [0.5, 0.6) is 0 Å². The minimum Gasteiger partial charge on any atom is -0.480 e. The zero-order valence-corrected chi connectivity index (χ0v) is 16.7. The SMILES string of the molecule is CC(=O)N1C[C@H](S(=O)(=O)c2ccc(N3CCCCC3)cc2Cl)C[C@H]1C(=O)O. The Morgan fingerprint density at radius 3 is 2.37 bits per heavy atom. The maximum atomic E-state index is 13.1. The Kier molecular flexibility index (Phi) is 5.67. The average molecular weight is 415 g/mol. The van der Waals surface area contributed by atoms with E-state index >= 15 is 0 Å². The third kappa shape index (κ3) is 3.91. The molecule has 0 saturated carbocycles. The number of likely N-dealkylation sites (tertiary alicyclic amines) is 1. The Morgan fingerprint density at radius 2 is 1.85 bits per heavy atom. The van der Waals surface area contributed by atoms with Gasteiger partial charge in [-0.05, 0) is 43.9 Å². The molecule has 2 fully saturated rings. The first kappa shape index (κ1) is 19.9. The Morgan fingerprint density at radius 1 is 1.19 bits per heavy atom. The number of carbonyl (C=O) groups excluding carboxylic acids is 1. The van der Waals surface area contributed by atoms with E-state index in [0.29, 0.717) is 0 Å². The molecule has 27 heavy (non-hydrogen) atoms. The van der Waals surface area contributed by atoms with Gasteiger partial charge in [-0.2, -0.15) is 0 Å². The van der Waals surface area contributed by atoms with Crippen LogP contribution in [0.2, 0.25) is 5.02 Å². The second-order valence-corrected chi connectivity index (χ2v) is 9.69. The largest absolute Gasteiger partial charge is 0.480 e. The maximum absolute atomic E-state index is 13.1. The molecule has 0 radical (unpaired) electrons. The summed E-state index contributed by atoms with van der Waals surface area (Å²) in [5, 5.41) is 8.45. The molecule has 0 spiro atoms. The topological polar surface area (TPSA) is 95.0 Å². The van der Waals surface area contributed by atoms with Crippen molar-refractivity contribution in [2.45, 2.75) is 48.8 Å². The van der Waals surface area contributed by atoms with Crippen molar-refractivity contribution < 1.29 is 23.1 Å². The first-order valence-electron chi connectivity index (χ1n) is 9.00. The summed E-state index contributed by atoms with van der Waals surface area (Å²) >= 11 is 6.31. The van der Waals surface area contributed by atoms with Crippen LogP contribution in [0.15, 0.2) is 23.1 Å². The Balaban J connectivity index is 1.86. The van der Waals surface area contributed by atoms with Gasteiger partial charge < -0.3 is 14.9 Å². The van der Waals surface area contributed by atoms with E-state index in [-0.39, 0.29) is 22.9 Å². The van der Waals surface area contributed by atoms with E-state index in [1.807, 2.05) is 0 Å². The van der Waals surface area contributed by atoms with Crippen LogP contribution >= 0.6 is 11.6 Å². The van der Waals surface area contributed by atoms with Crippen molar-refractivity contribution >= 4 is 39.0 Å². The van der Waals surface area contributed by atoms with Crippen molar-refractivity contribution in [3.8, 4) is 0 Å². The third-order valence-corrected chi connectivity index (χ3v) is 7.95. The van der Waals surface area contributed by atoms with Crippen molar-refractivity contribution in [2.24, 2.45) is 0 Å². The minimum absolute atomic E-state index is 0.00975. The van der Waals surface area contributed by atoms with Gasteiger partial charge in [0.15, 0.2) is 9.84 Å². The number of piperidine rings is 1. The molecule has 9 heteroatoms. The van der Waals surface area contributed by atoms with Gasteiger partial charge in [-0.3, -0.25) is 4.79 Å². The van der Waals surface area contributed by atoms with Crippen LogP contribution in [-0.2, 0) is 19.4 Å². The molecule has 2 aliphatic heterocycles. The molecule has 0 unspecified atom stereocenters. The van der Waals surface area contributed by atoms with Gasteiger partial charge in [0.1, 0.15) is 6.04 Å². The van der Waals surface area contributed by atoms with Crippen molar-refractivity contribution in [3.05, 3.63) is 23.2 Å². The molecule has 0 bridgehead atoms. The van der Waals surface area contributed by atoms with Gasteiger partial charge in [-0.15, -0.1) is 0 Å². The normalized spacial score (nSPS) is 23.5. The average Bonchev–Trinajstić information content (AvgIpc) is 3.09. The number of hydrogen-bond donors (Lipinski definition) is 1. The number of rotatable bonds is 4. The fourth-order valence-electron chi connectivity index (χ4n) is 3.85. The molecule has 7 nitrogen and oxygen atoms in total. The number of amides is 1. The first-order valence-corrected chi connectivity index (χ1v) is 10.9. The van der Waals surface area contributed by atoms with E-state index in [0.717, 1.165) is 36.5 Å². The summed E-state index contributed by atoms with van der Waals surface area (Å²) in [5.41, 5.74) is 0.888. The molecule has 1 aromatic rings. The number of aliphatic carboxylic acids is 1. The predicted octanol–water partition coefficient (Wildman–Crippen LogP) is 2.18. The zero-order chi connectivity index (χ0) is 19.8. The summed E-state index contributed by atoms with van der Waals surface area (Å²) in [6, 6.07) is 3.77. The van der Waals surface area contributed by atoms with Crippen LogP contribution in [0.4, 0.5) is 5.69 Å². The van der Waals surface area contributed by atoms with E-state index in [9.17, 15) is 23.1 Å². The quantitative estimate of drug-likeness (QED) is 0.811. The molecule has 1 aromatic carbocycles. The molecule has 2 saturated heterocycles. The molecule has 2 atom stereocenters.